The second-order valence-electron chi connectivity index (χ2n) is 4.85. The summed E-state index contributed by atoms with van der Waals surface area (Å²) in [6, 6.07) is 6.96. The number of halogens is 2. The summed E-state index contributed by atoms with van der Waals surface area (Å²) in [6.45, 7) is 3.74. The lowest BCUT2D eigenvalue weighted by atomic mass is 10.2. The molecule has 1 aromatic carbocycles. The molecule has 0 saturated heterocycles. The predicted octanol–water partition coefficient (Wildman–Crippen LogP) is 4.87. The number of anilines is 1. The summed E-state index contributed by atoms with van der Waals surface area (Å²) in [5.74, 6) is 0.332. The number of unbranched alkanes of at least 4 members (excludes halogenated alkanes) is 1. The first-order valence-electron chi connectivity index (χ1n) is 7.23. The molecule has 2 rings (SSSR count). The van der Waals surface area contributed by atoms with Gasteiger partial charge in [0.1, 0.15) is 5.82 Å². The van der Waals surface area contributed by atoms with Crippen LogP contribution in [0.1, 0.15) is 30.5 Å². The largest absolute Gasteiger partial charge is 0.369 e. The first-order valence-corrected chi connectivity index (χ1v) is 8.64. The molecule has 5 heteroatoms. The highest BCUT2D eigenvalue weighted by Gasteiger charge is 2.09. The molecule has 0 spiro atoms. The fourth-order valence-corrected chi connectivity index (χ4v) is 3.33. The number of hydrogen-bond donors (Lipinski definition) is 0. The van der Waals surface area contributed by atoms with Crippen molar-refractivity contribution in [3.05, 3.63) is 46.2 Å². The van der Waals surface area contributed by atoms with E-state index in [-0.39, 0.29) is 5.82 Å². The number of aromatic nitrogens is 1. The molecule has 0 aliphatic heterocycles. The molecule has 2 aromatic rings. The van der Waals surface area contributed by atoms with Crippen molar-refractivity contribution >= 4 is 28.6 Å². The summed E-state index contributed by atoms with van der Waals surface area (Å²) in [7, 11) is 0. The van der Waals surface area contributed by atoms with Crippen LogP contribution < -0.4 is 4.90 Å². The third-order valence-corrected chi connectivity index (χ3v) is 4.61. The molecule has 1 heterocycles. The van der Waals surface area contributed by atoms with Crippen LogP contribution in [0.4, 0.5) is 10.1 Å². The highest BCUT2D eigenvalue weighted by Crippen LogP contribution is 2.19. The Hall–Kier alpha value is -1.13. The standard InChI is InChI=1S/C16H20ClFN2S/c1-2-20(15-8-4-3-7-14(15)18)10-6-5-9-16-19-13(11-17)12-21-16/h3-4,7-8,12H,2,5-6,9-11H2,1H3. The van der Waals surface area contributed by atoms with Gasteiger partial charge < -0.3 is 4.90 Å². The van der Waals surface area contributed by atoms with Gasteiger partial charge in [0.15, 0.2) is 0 Å². The Bertz CT molecular complexity index is 559. The maximum atomic E-state index is 13.8. The van der Waals surface area contributed by atoms with Crippen molar-refractivity contribution < 1.29 is 4.39 Å². The molecular formula is C16H20ClFN2S. The van der Waals surface area contributed by atoms with Gasteiger partial charge in [-0.15, -0.1) is 22.9 Å². The van der Waals surface area contributed by atoms with E-state index in [2.05, 4.69) is 16.8 Å². The van der Waals surface area contributed by atoms with Crippen LogP contribution in [0.2, 0.25) is 0 Å². The molecule has 1 aromatic heterocycles. The van der Waals surface area contributed by atoms with Crippen LogP contribution in [0.5, 0.6) is 0 Å². The van der Waals surface area contributed by atoms with Gasteiger partial charge >= 0.3 is 0 Å². The van der Waals surface area contributed by atoms with E-state index >= 15 is 0 Å². The Morgan fingerprint density at radius 2 is 2.10 bits per heavy atom. The average molecular weight is 327 g/mol. The molecule has 0 amide bonds. The molecule has 0 bridgehead atoms. The lowest BCUT2D eigenvalue weighted by molar-refractivity contribution is 0.611. The molecule has 0 aliphatic rings. The topological polar surface area (TPSA) is 16.1 Å². The smallest absolute Gasteiger partial charge is 0.146 e. The van der Waals surface area contributed by atoms with Crippen LogP contribution in [0, 0.1) is 5.82 Å². The minimum atomic E-state index is -0.147. The van der Waals surface area contributed by atoms with E-state index in [0.29, 0.717) is 11.6 Å². The van der Waals surface area contributed by atoms with Crippen LogP contribution >= 0.6 is 22.9 Å². The molecule has 0 fully saturated rings. The summed E-state index contributed by atoms with van der Waals surface area (Å²) in [5, 5.41) is 3.15. The zero-order chi connectivity index (χ0) is 15.1. The Morgan fingerprint density at radius 1 is 1.29 bits per heavy atom. The normalized spacial score (nSPS) is 10.8. The Balaban J connectivity index is 1.80. The summed E-state index contributed by atoms with van der Waals surface area (Å²) in [4.78, 5) is 6.54. The van der Waals surface area contributed by atoms with Crippen LogP contribution in [-0.2, 0) is 12.3 Å². The molecule has 0 aliphatic carbocycles. The lowest BCUT2D eigenvalue weighted by Gasteiger charge is -2.23. The Morgan fingerprint density at radius 3 is 2.76 bits per heavy atom. The SMILES string of the molecule is CCN(CCCCc1nc(CCl)cs1)c1ccccc1F. The van der Waals surface area contributed by atoms with Crippen molar-refractivity contribution in [3.63, 3.8) is 0 Å². The monoisotopic (exact) mass is 326 g/mol. The Kier molecular flexibility index (Phi) is 6.46. The quantitative estimate of drug-likeness (QED) is 0.508. The van der Waals surface area contributed by atoms with Gasteiger partial charge in [0.2, 0.25) is 0 Å². The second kappa shape index (κ2) is 8.35. The highest BCUT2D eigenvalue weighted by atomic mass is 35.5. The summed E-state index contributed by atoms with van der Waals surface area (Å²) in [6.07, 6.45) is 3.05. The number of hydrogen-bond acceptors (Lipinski definition) is 3. The van der Waals surface area contributed by atoms with Gasteiger partial charge in [0.25, 0.3) is 0 Å². The molecule has 114 valence electrons. The lowest BCUT2D eigenvalue weighted by Crippen LogP contribution is -2.24. The van der Waals surface area contributed by atoms with E-state index in [9.17, 15) is 4.39 Å². The van der Waals surface area contributed by atoms with Gasteiger partial charge in [-0.05, 0) is 38.3 Å². The van der Waals surface area contributed by atoms with E-state index in [4.69, 9.17) is 11.6 Å². The number of benzene rings is 1. The summed E-state index contributed by atoms with van der Waals surface area (Å²) in [5.41, 5.74) is 1.65. The van der Waals surface area contributed by atoms with Crippen molar-refractivity contribution in [2.24, 2.45) is 0 Å². The van der Waals surface area contributed by atoms with Gasteiger partial charge in [-0.25, -0.2) is 9.37 Å². The molecule has 2 nitrogen and oxygen atoms in total. The van der Waals surface area contributed by atoms with Crippen molar-refractivity contribution in [3.8, 4) is 0 Å². The van der Waals surface area contributed by atoms with E-state index in [0.717, 1.165) is 43.1 Å². The summed E-state index contributed by atoms with van der Waals surface area (Å²) >= 11 is 7.41. The van der Waals surface area contributed by atoms with Crippen molar-refractivity contribution in [1.29, 1.82) is 0 Å². The second-order valence-corrected chi connectivity index (χ2v) is 6.06. The van der Waals surface area contributed by atoms with E-state index in [1.165, 1.54) is 6.07 Å². The highest BCUT2D eigenvalue weighted by molar-refractivity contribution is 7.09. The molecule has 21 heavy (non-hydrogen) atoms. The van der Waals surface area contributed by atoms with Gasteiger partial charge in [-0.1, -0.05) is 12.1 Å². The average Bonchev–Trinajstić information content (AvgIpc) is 2.96. The number of alkyl halides is 1. The van der Waals surface area contributed by atoms with Gasteiger partial charge in [0.05, 0.1) is 22.3 Å². The first kappa shape index (κ1) is 16.2. The zero-order valence-corrected chi connectivity index (χ0v) is 13.8. The van der Waals surface area contributed by atoms with Crippen molar-refractivity contribution in [2.45, 2.75) is 32.1 Å². The third-order valence-electron chi connectivity index (χ3n) is 3.38. The summed E-state index contributed by atoms with van der Waals surface area (Å²) < 4.78 is 13.8. The molecule has 0 N–H and O–H groups in total. The zero-order valence-electron chi connectivity index (χ0n) is 12.2. The van der Waals surface area contributed by atoms with Gasteiger partial charge in [-0.3, -0.25) is 0 Å². The fraction of sp³-hybridized carbons (Fsp3) is 0.438. The predicted molar refractivity (Wildman–Crippen MR) is 88.9 cm³/mol. The number of rotatable bonds is 8. The molecule has 0 unspecified atom stereocenters. The van der Waals surface area contributed by atoms with Crippen molar-refractivity contribution in [2.75, 3.05) is 18.0 Å². The number of aryl methyl sites for hydroxylation is 1. The van der Waals surface area contributed by atoms with Crippen molar-refractivity contribution in [1.82, 2.24) is 4.98 Å². The van der Waals surface area contributed by atoms with Crippen LogP contribution in [0.15, 0.2) is 29.6 Å². The van der Waals surface area contributed by atoms with E-state index in [1.54, 1.807) is 17.4 Å². The fourth-order valence-electron chi connectivity index (χ4n) is 2.26. The van der Waals surface area contributed by atoms with E-state index in [1.807, 2.05) is 17.5 Å². The number of nitrogens with zero attached hydrogens (tertiary/aromatic N) is 2. The molecule has 0 radical (unpaired) electrons. The first-order chi connectivity index (χ1) is 10.2. The Labute approximate surface area is 134 Å². The molecular weight excluding hydrogens is 307 g/mol. The minimum absolute atomic E-state index is 0.147. The van der Waals surface area contributed by atoms with Crippen LogP contribution in [0.25, 0.3) is 0 Å². The van der Waals surface area contributed by atoms with Crippen LogP contribution in [0.3, 0.4) is 0 Å². The minimum Gasteiger partial charge on any atom is -0.369 e. The van der Waals surface area contributed by atoms with Gasteiger partial charge in [-0.2, -0.15) is 0 Å². The maximum absolute atomic E-state index is 13.8. The van der Waals surface area contributed by atoms with E-state index < -0.39 is 0 Å². The van der Waals surface area contributed by atoms with Crippen LogP contribution in [-0.4, -0.2) is 18.1 Å². The molecule has 0 atom stereocenters. The number of para-hydroxylation sites is 1. The third kappa shape index (κ3) is 4.68. The molecule has 0 saturated carbocycles. The maximum Gasteiger partial charge on any atom is 0.146 e. The van der Waals surface area contributed by atoms with Gasteiger partial charge in [0, 0.05) is 18.5 Å². The number of thiazole rings is 1.